The molecule has 2 aromatic carbocycles. The SMILES string of the molecule is CC(C)(C)OC(=O)NCCC[C@@H](CNC(=O)[C@H](CCCNC(=O)[C@@H](CCCNC(=O)OC(C)(C)C)NC(=O)[C@@H]1Cc2cccc(c2)-c2ccc(O)c(c2)C[C@H](NC(=O)OC(C)(C)C)C(=O)N[C@@H](CCCNC(=O)OC(C)(C)C)C(=O)N1)NC(=O)OC(C)(C)C)NC(=O)OC(C)(C)C. The van der Waals surface area contributed by atoms with Crippen molar-refractivity contribution in [1.29, 1.82) is 0 Å². The molecule has 0 fully saturated rings. The molecule has 2 aromatic rings. The summed E-state index contributed by atoms with van der Waals surface area (Å²) in [5.41, 5.74) is -3.17. The fourth-order valence-electron chi connectivity index (χ4n) is 9.37. The summed E-state index contributed by atoms with van der Waals surface area (Å²) in [6.07, 6.45) is -4.60. The lowest BCUT2D eigenvalue weighted by atomic mass is 9.95. The van der Waals surface area contributed by atoms with Gasteiger partial charge in [0.25, 0.3) is 0 Å². The number of rotatable bonds is 25. The van der Waals surface area contributed by atoms with E-state index >= 15 is 4.79 Å². The number of hydrogen-bond donors (Lipinski definition) is 12. The van der Waals surface area contributed by atoms with E-state index in [4.69, 9.17) is 28.4 Å². The molecule has 1 heterocycles. The van der Waals surface area contributed by atoms with Gasteiger partial charge < -0.3 is 92.0 Å². The molecule has 544 valence electrons. The third-order valence-corrected chi connectivity index (χ3v) is 13.4. The number of fused-ring (bicyclic) bond motifs is 5. The van der Waals surface area contributed by atoms with Crippen molar-refractivity contribution in [3.8, 4) is 16.9 Å². The van der Waals surface area contributed by atoms with Gasteiger partial charge >= 0.3 is 36.6 Å². The molecule has 3 rings (SSSR count). The Hall–Kier alpha value is -8.79. The highest BCUT2D eigenvalue weighted by molar-refractivity contribution is 5.96. The average molecular weight is 1370 g/mol. The van der Waals surface area contributed by atoms with E-state index in [-0.39, 0.29) is 102 Å². The van der Waals surface area contributed by atoms with Gasteiger partial charge in [0, 0.05) is 51.6 Å². The zero-order valence-corrected chi connectivity index (χ0v) is 60.0. The first kappa shape index (κ1) is 82.4. The zero-order valence-electron chi connectivity index (χ0n) is 60.0. The van der Waals surface area contributed by atoms with Crippen molar-refractivity contribution in [2.24, 2.45) is 0 Å². The molecule has 11 amide bonds. The molecule has 0 saturated heterocycles. The highest BCUT2D eigenvalue weighted by atomic mass is 16.6. The van der Waals surface area contributed by atoms with Crippen LogP contribution < -0.4 is 58.5 Å². The number of benzene rings is 2. The van der Waals surface area contributed by atoms with Crippen LogP contribution in [0.15, 0.2) is 42.5 Å². The second-order valence-corrected chi connectivity index (χ2v) is 29.8. The first-order chi connectivity index (χ1) is 44.7. The monoisotopic (exact) mass is 1370 g/mol. The minimum atomic E-state index is -1.46. The number of ether oxygens (including phenoxy) is 6. The Labute approximate surface area is 570 Å². The van der Waals surface area contributed by atoms with E-state index in [1.54, 1.807) is 161 Å². The van der Waals surface area contributed by atoms with Crippen molar-refractivity contribution in [2.45, 2.75) is 259 Å². The smallest absolute Gasteiger partial charge is 0.408 e. The summed E-state index contributed by atoms with van der Waals surface area (Å²) in [7, 11) is 0. The number of alkyl carbamates (subject to hydrolysis) is 6. The van der Waals surface area contributed by atoms with Crippen molar-refractivity contribution in [1.82, 2.24) is 58.5 Å². The molecule has 29 nitrogen and oxygen atoms in total. The minimum absolute atomic E-state index is 0.00130. The van der Waals surface area contributed by atoms with Crippen LogP contribution in [0.25, 0.3) is 11.1 Å². The van der Waals surface area contributed by atoms with Crippen molar-refractivity contribution < 1.29 is 86.3 Å². The maximum absolute atomic E-state index is 15.0. The summed E-state index contributed by atoms with van der Waals surface area (Å²) in [6, 6.07) is 4.09. The third kappa shape index (κ3) is 35.7. The largest absolute Gasteiger partial charge is 0.508 e. The van der Waals surface area contributed by atoms with Gasteiger partial charge in [-0.05, 0) is 210 Å². The van der Waals surface area contributed by atoms with Gasteiger partial charge in [0.05, 0.1) is 0 Å². The number of phenols is 1. The Kier molecular flexibility index (Phi) is 31.5. The van der Waals surface area contributed by atoms with E-state index in [1.165, 1.54) is 6.07 Å². The molecule has 1 aliphatic heterocycles. The lowest BCUT2D eigenvalue weighted by molar-refractivity contribution is -0.134. The summed E-state index contributed by atoms with van der Waals surface area (Å²) in [6.45, 7) is 30.1. The molecule has 6 atom stereocenters. The second-order valence-electron chi connectivity index (χ2n) is 29.8. The van der Waals surface area contributed by atoms with Crippen LogP contribution in [0.5, 0.6) is 5.75 Å². The summed E-state index contributed by atoms with van der Waals surface area (Å²) >= 11 is 0. The van der Waals surface area contributed by atoms with Crippen LogP contribution in [0, 0.1) is 0 Å². The van der Waals surface area contributed by atoms with E-state index in [2.05, 4.69) is 58.5 Å². The number of aromatic hydroxyl groups is 1. The Morgan fingerprint density at radius 3 is 1.44 bits per heavy atom. The molecule has 0 saturated carbocycles. The van der Waals surface area contributed by atoms with Crippen molar-refractivity contribution >= 4 is 66.1 Å². The normalized spacial score (nSPS) is 16.4. The molecule has 1 aliphatic rings. The first-order valence-electron chi connectivity index (χ1n) is 33.0. The van der Waals surface area contributed by atoms with Gasteiger partial charge in [-0.25, -0.2) is 28.8 Å². The number of phenolic OH excluding ortho intramolecular Hbond substituents is 1. The van der Waals surface area contributed by atoms with Gasteiger partial charge in [-0.2, -0.15) is 0 Å². The maximum atomic E-state index is 15.0. The number of nitrogens with one attached hydrogen (secondary N) is 11. The van der Waals surface area contributed by atoms with Crippen molar-refractivity contribution in [3.05, 3.63) is 53.6 Å². The molecule has 0 aromatic heterocycles. The second kappa shape index (κ2) is 37.1. The molecule has 0 aliphatic carbocycles. The number of amides is 11. The molecular formula is C68H109N11O18. The fraction of sp³-hybridized carbons (Fsp3) is 0.662. The Balaban J connectivity index is 2.03. The van der Waals surface area contributed by atoms with E-state index in [0.717, 1.165) is 0 Å². The highest BCUT2D eigenvalue weighted by Crippen LogP contribution is 2.29. The lowest BCUT2D eigenvalue weighted by Gasteiger charge is -2.27. The summed E-state index contributed by atoms with van der Waals surface area (Å²) < 4.78 is 32.6. The quantitative estimate of drug-likeness (QED) is 0.0345. The zero-order chi connectivity index (χ0) is 73.3. The van der Waals surface area contributed by atoms with Crippen LogP contribution in [0.1, 0.15) is 187 Å². The first-order valence-corrected chi connectivity index (χ1v) is 33.0. The van der Waals surface area contributed by atoms with E-state index in [0.29, 0.717) is 23.1 Å². The number of carbonyl (C=O) groups is 11. The Bertz CT molecular complexity index is 3010. The summed E-state index contributed by atoms with van der Waals surface area (Å²) in [5.74, 6) is -4.13. The topological polar surface area (TPSA) is 396 Å². The van der Waals surface area contributed by atoms with E-state index < -0.39 is 136 Å². The molecule has 0 radical (unpaired) electrons. The lowest BCUT2D eigenvalue weighted by Crippen LogP contribution is -2.59. The van der Waals surface area contributed by atoms with Crippen LogP contribution in [0.3, 0.4) is 0 Å². The summed E-state index contributed by atoms with van der Waals surface area (Å²) in [4.78, 5) is 150. The number of hydrogen-bond acceptors (Lipinski definition) is 18. The molecule has 29 heteroatoms. The van der Waals surface area contributed by atoms with Crippen LogP contribution >= 0.6 is 0 Å². The predicted octanol–water partition coefficient (Wildman–Crippen LogP) is 7.22. The van der Waals surface area contributed by atoms with Crippen LogP contribution in [0.4, 0.5) is 28.8 Å². The van der Waals surface area contributed by atoms with Gasteiger partial charge in [-0.15, -0.1) is 0 Å². The third-order valence-electron chi connectivity index (χ3n) is 13.4. The average Bonchev–Trinajstić information content (AvgIpc) is 1.69. The van der Waals surface area contributed by atoms with E-state index in [9.17, 15) is 53.1 Å². The predicted molar refractivity (Wildman–Crippen MR) is 362 cm³/mol. The molecule has 12 N–H and O–H groups in total. The highest BCUT2D eigenvalue weighted by Gasteiger charge is 2.35. The van der Waals surface area contributed by atoms with Crippen molar-refractivity contribution in [2.75, 3.05) is 32.7 Å². The molecule has 4 bridgehead atoms. The Morgan fingerprint density at radius 1 is 0.474 bits per heavy atom. The van der Waals surface area contributed by atoms with Crippen LogP contribution in [-0.2, 0) is 65.2 Å². The molecule has 0 unspecified atom stereocenters. The summed E-state index contributed by atoms with van der Waals surface area (Å²) in [5, 5.41) is 41.0. The fourth-order valence-corrected chi connectivity index (χ4v) is 9.37. The molecule has 97 heavy (non-hydrogen) atoms. The van der Waals surface area contributed by atoms with Crippen LogP contribution in [0.2, 0.25) is 0 Å². The van der Waals surface area contributed by atoms with Gasteiger partial charge in [-0.3, -0.25) is 24.0 Å². The van der Waals surface area contributed by atoms with Crippen LogP contribution in [-0.4, -0.2) is 174 Å². The molecule has 0 spiro atoms. The number of carbonyl (C=O) groups excluding carboxylic acids is 11. The standard InChI is InChI=1S/C68H109N11O18/c1-63(2,3)92-57(86)70-33-20-26-45(74-60(89)95-66(10,11)12)40-73-53(82)47(78-61(90)96-67(13,14)15)28-21-32-69-52(81)46(27-22-34-71-58(87)93-64(4,5)6)75-55(84)49-37-41-24-19-25-42(36-41)43-30-31-51(80)44(38-43)39-50(79-62(91)97-68(16,17)18)56(85)76-48(54(83)77-49)29-23-35-72-59(88)94-65(7,8)9/h19,24-25,30-31,36,38,45-50,80H,20-23,26-29,32-35,37,39-40H2,1-18H3,(H,69,81)(H,70,86)(H,71,87)(H,72,88)(H,73,82)(H,74,89)(H,75,84)(H,76,85)(H,77,83)(H,78,90)(H,79,91)/t45-,46+,47-,48-,49-,50-/m0/s1. The van der Waals surface area contributed by atoms with Crippen molar-refractivity contribution in [3.63, 3.8) is 0 Å². The van der Waals surface area contributed by atoms with E-state index in [1.807, 2.05) is 0 Å². The molecular weight excluding hydrogens is 1260 g/mol. The van der Waals surface area contributed by atoms with Gasteiger partial charge in [0.1, 0.15) is 69.6 Å². The van der Waals surface area contributed by atoms with Gasteiger partial charge in [-0.1, -0.05) is 30.3 Å². The Morgan fingerprint density at radius 2 is 0.918 bits per heavy atom. The maximum Gasteiger partial charge on any atom is 0.408 e. The minimum Gasteiger partial charge on any atom is -0.508 e. The van der Waals surface area contributed by atoms with Gasteiger partial charge in [0.2, 0.25) is 29.5 Å². The van der Waals surface area contributed by atoms with Gasteiger partial charge in [0.15, 0.2) is 0 Å².